The van der Waals surface area contributed by atoms with Crippen molar-refractivity contribution in [3.8, 4) is 0 Å². The highest BCUT2D eigenvalue weighted by Crippen LogP contribution is 2.26. The minimum atomic E-state index is -0.788. The summed E-state index contributed by atoms with van der Waals surface area (Å²) in [6.07, 6.45) is 0. The fraction of sp³-hybridized carbons (Fsp3) is 0.364. The normalized spacial score (nSPS) is 10.4. The fourth-order valence-electron chi connectivity index (χ4n) is 1.48. The van der Waals surface area contributed by atoms with Crippen LogP contribution in [0.5, 0.6) is 0 Å². The zero-order chi connectivity index (χ0) is 14.6. The van der Waals surface area contributed by atoms with E-state index in [9.17, 15) is 19.3 Å². The number of halogens is 1. The number of carbonyl (C=O) groups is 1. The van der Waals surface area contributed by atoms with Gasteiger partial charge in [0.15, 0.2) is 5.82 Å². The number of hydrogen-bond donors (Lipinski definition) is 2. The van der Waals surface area contributed by atoms with Crippen molar-refractivity contribution in [1.82, 2.24) is 10.4 Å². The zero-order valence-electron chi connectivity index (χ0n) is 10.9. The van der Waals surface area contributed by atoms with Gasteiger partial charge < -0.3 is 5.32 Å². The van der Waals surface area contributed by atoms with E-state index in [1.165, 1.54) is 5.01 Å². The van der Waals surface area contributed by atoms with Gasteiger partial charge in [0.05, 0.1) is 16.7 Å². The molecule has 7 nitrogen and oxygen atoms in total. The summed E-state index contributed by atoms with van der Waals surface area (Å²) in [5.41, 5.74) is 1.67. The Labute approximate surface area is 109 Å². The Morgan fingerprint density at radius 3 is 2.58 bits per heavy atom. The van der Waals surface area contributed by atoms with Gasteiger partial charge in [-0.2, -0.15) is 0 Å². The third-order valence-corrected chi connectivity index (χ3v) is 2.22. The van der Waals surface area contributed by atoms with Gasteiger partial charge in [0.2, 0.25) is 0 Å². The first kappa shape index (κ1) is 14.8. The number of rotatable bonds is 5. The van der Waals surface area contributed by atoms with Crippen molar-refractivity contribution in [3.05, 3.63) is 33.6 Å². The van der Waals surface area contributed by atoms with Crippen LogP contribution in [-0.4, -0.2) is 36.5 Å². The lowest BCUT2D eigenvalue weighted by Gasteiger charge is -2.13. The number of hydrazine groups is 1. The molecule has 1 aromatic rings. The van der Waals surface area contributed by atoms with Crippen LogP contribution in [0.2, 0.25) is 0 Å². The van der Waals surface area contributed by atoms with Crippen LogP contribution in [0.25, 0.3) is 0 Å². The van der Waals surface area contributed by atoms with Crippen LogP contribution in [0.4, 0.5) is 15.8 Å². The Bertz CT molecular complexity index is 505. The summed E-state index contributed by atoms with van der Waals surface area (Å²) in [5.74, 6) is -1.44. The van der Waals surface area contributed by atoms with Crippen LogP contribution < -0.4 is 10.7 Å². The Morgan fingerprint density at radius 2 is 2.11 bits per heavy atom. The number of nitrogens with one attached hydrogen (secondary N) is 2. The van der Waals surface area contributed by atoms with Gasteiger partial charge >= 0.3 is 0 Å². The second kappa shape index (κ2) is 6.10. The molecule has 1 aromatic carbocycles. The number of carbonyl (C=O) groups excluding carboxylic acids is 1. The van der Waals surface area contributed by atoms with E-state index in [4.69, 9.17) is 0 Å². The molecule has 0 bridgehead atoms. The van der Waals surface area contributed by atoms with Crippen molar-refractivity contribution in [2.24, 2.45) is 0 Å². The number of nitrogens with zero attached hydrogens (tertiary/aromatic N) is 2. The van der Waals surface area contributed by atoms with Gasteiger partial charge in [-0.05, 0) is 13.0 Å². The molecule has 19 heavy (non-hydrogen) atoms. The van der Waals surface area contributed by atoms with Crippen molar-refractivity contribution >= 4 is 17.3 Å². The maximum Gasteiger partial charge on any atom is 0.285 e. The molecule has 0 aromatic heterocycles. The lowest BCUT2D eigenvalue weighted by Crippen LogP contribution is -2.36. The number of nitro groups is 1. The van der Waals surface area contributed by atoms with Gasteiger partial charge in [-0.25, -0.2) is 9.40 Å². The monoisotopic (exact) mass is 270 g/mol. The van der Waals surface area contributed by atoms with Crippen molar-refractivity contribution in [2.45, 2.75) is 6.92 Å². The quantitative estimate of drug-likeness (QED) is 0.623. The Kier molecular flexibility index (Phi) is 4.76. The molecule has 1 amide bonds. The van der Waals surface area contributed by atoms with Crippen molar-refractivity contribution in [1.29, 1.82) is 0 Å². The Morgan fingerprint density at radius 1 is 1.47 bits per heavy atom. The highest BCUT2D eigenvalue weighted by atomic mass is 19.1. The topological polar surface area (TPSA) is 87.5 Å². The number of anilines is 1. The average molecular weight is 270 g/mol. The lowest BCUT2D eigenvalue weighted by molar-refractivity contribution is -0.385. The largest absolute Gasteiger partial charge is 0.383 e. The Hall–Kier alpha value is -2.22. The van der Waals surface area contributed by atoms with E-state index in [1.54, 1.807) is 21.0 Å². The van der Waals surface area contributed by atoms with Gasteiger partial charge in [-0.15, -0.1) is 0 Å². The van der Waals surface area contributed by atoms with E-state index in [2.05, 4.69) is 10.7 Å². The first-order valence-corrected chi connectivity index (χ1v) is 5.57. The number of hydrogen-bond acceptors (Lipinski definition) is 5. The number of amides is 1. The molecule has 0 aliphatic heterocycles. The second-order valence-corrected chi connectivity index (χ2v) is 3.97. The molecule has 0 atom stereocenters. The summed E-state index contributed by atoms with van der Waals surface area (Å²) in [6.45, 7) is 2.18. The summed E-state index contributed by atoms with van der Waals surface area (Å²) >= 11 is 0. The predicted molar refractivity (Wildman–Crippen MR) is 68.4 cm³/mol. The molecule has 0 aliphatic rings. The third kappa shape index (κ3) is 3.62. The minimum absolute atomic E-state index is 0.0528. The lowest BCUT2D eigenvalue weighted by atomic mass is 10.1. The molecular formula is C11H15FN4O3. The first-order valence-electron chi connectivity index (χ1n) is 5.57. The highest BCUT2D eigenvalue weighted by molar-refractivity contribution is 5.98. The molecule has 0 fully saturated rings. The molecule has 2 N–H and O–H groups in total. The zero-order valence-corrected chi connectivity index (χ0v) is 10.9. The van der Waals surface area contributed by atoms with Crippen LogP contribution in [0, 0.1) is 15.9 Å². The van der Waals surface area contributed by atoms with Crippen molar-refractivity contribution in [3.63, 3.8) is 0 Å². The van der Waals surface area contributed by atoms with Gasteiger partial charge in [0.25, 0.3) is 11.6 Å². The summed E-state index contributed by atoms with van der Waals surface area (Å²) in [4.78, 5) is 21.9. The van der Waals surface area contributed by atoms with Crippen LogP contribution in [0.3, 0.4) is 0 Å². The maximum atomic E-state index is 13.6. The SMILES string of the molecule is CCNc1cc(C(=O)NN(C)C)c([N+](=O)[O-])cc1F. The smallest absolute Gasteiger partial charge is 0.285 e. The van der Waals surface area contributed by atoms with E-state index >= 15 is 0 Å². The molecular weight excluding hydrogens is 255 g/mol. The molecule has 1 rings (SSSR count). The van der Waals surface area contributed by atoms with Crippen LogP contribution >= 0.6 is 0 Å². The fourth-order valence-corrected chi connectivity index (χ4v) is 1.48. The molecule has 0 spiro atoms. The van der Waals surface area contributed by atoms with Gasteiger partial charge in [0, 0.05) is 20.6 Å². The maximum absolute atomic E-state index is 13.6. The molecule has 104 valence electrons. The predicted octanol–water partition coefficient (Wildman–Crippen LogP) is 1.37. The molecule has 0 saturated carbocycles. The summed E-state index contributed by atoms with van der Waals surface area (Å²) in [6, 6.07) is 1.87. The van der Waals surface area contributed by atoms with Gasteiger partial charge in [-0.3, -0.25) is 20.3 Å². The average Bonchev–Trinajstić information content (AvgIpc) is 2.30. The van der Waals surface area contributed by atoms with Crippen LogP contribution in [-0.2, 0) is 0 Å². The number of benzene rings is 1. The highest BCUT2D eigenvalue weighted by Gasteiger charge is 2.23. The molecule has 8 heteroatoms. The van der Waals surface area contributed by atoms with Crippen molar-refractivity contribution < 1.29 is 14.1 Å². The summed E-state index contributed by atoms with van der Waals surface area (Å²) in [5, 5.41) is 14.9. The van der Waals surface area contributed by atoms with E-state index in [-0.39, 0.29) is 11.3 Å². The standard InChI is InChI=1S/C11H15FN4O3/c1-4-13-9-5-7(11(17)14-15(2)3)10(16(18)19)6-8(9)12/h5-6,13H,4H2,1-3H3,(H,14,17). The van der Waals surface area contributed by atoms with E-state index in [1.807, 2.05) is 0 Å². The minimum Gasteiger partial charge on any atom is -0.383 e. The number of nitro benzene ring substituents is 1. The third-order valence-electron chi connectivity index (χ3n) is 2.22. The van der Waals surface area contributed by atoms with Gasteiger partial charge in [0.1, 0.15) is 5.56 Å². The molecule has 0 heterocycles. The summed E-state index contributed by atoms with van der Waals surface area (Å²) < 4.78 is 13.6. The van der Waals surface area contributed by atoms with E-state index in [0.29, 0.717) is 6.54 Å². The first-order chi connectivity index (χ1) is 8.86. The van der Waals surface area contributed by atoms with E-state index in [0.717, 1.165) is 12.1 Å². The van der Waals surface area contributed by atoms with Crippen LogP contribution in [0.15, 0.2) is 12.1 Å². The van der Waals surface area contributed by atoms with Crippen molar-refractivity contribution in [2.75, 3.05) is 26.0 Å². The van der Waals surface area contributed by atoms with E-state index < -0.39 is 22.3 Å². The molecule has 0 radical (unpaired) electrons. The summed E-state index contributed by atoms with van der Waals surface area (Å²) in [7, 11) is 3.14. The Balaban J connectivity index is 3.28. The van der Waals surface area contributed by atoms with Gasteiger partial charge in [-0.1, -0.05) is 0 Å². The molecule has 0 aliphatic carbocycles. The van der Waals surface area contributed by atoms with Crippen LogP contribution in [0.1, 0.15) is 17.3 Å². The second-order valence-electron chi connectivity index (χ2n) is 3.97. The molecule has 0 unspecified atom stereocenters. The molecule has 0 saturated heterocycles.